The summed E-state index contributed by atoms with van der Waals surface area (Å²) in [7, 11) is 4.10. The molecule has 0 amide bonds. The van der Waals surface area contributed by atoms with Crippen molar-refractivity contribution in [1.29, 1.82) is 0 Å². The maximum atomic E-state index is 4.22. The number of hydrogen-bond donors (Lipinski definition) is 2. The van der Waals surface area contributed by atoms with Crippen molar-refractivity contribution in [3.8, 4) is 0 Å². The van der Waals surface area contributed by atoms with Crippen molar-refractivity contribution >= 4 is 11.5 Å². The van der Waals surface area contributed by atoms with Crippen LogP contribution in [0.25, 0.3) is 0 Å². The Hall–Kier alpha value is -1.29. The first-order valence-corrected chi connectivity index (χ1v) is 6.68. The summed E-state index contributed by atoms with van der Waals surface area (Å²) in [5.74, 6) is 0.911. The SMILES string of the molecule is CNc1cc(NCC2(C)CCN(C)CC2)ccn1. The minimum atomic E-state index is 0.412. The van der Waals surface area contributed by atoms with Gasteiger partial charge < -0.3 is 15.5 Å². The Kier molecular flexibility index (Phi) is 4.07. The van der Waals surface area contributed by atoms with Crippen LogP contribution in [0.15, 0.2) is 18.3 Å². The quantitative estimate of drug-likeness (QED) is 0.857. The summed E-state index contributed by atoms with van der Waals surface area (Å²) in [5, 5.41) is 6.61. The lowest BCUT2D eigenvalue weighted by molar-refractivity contribution is 0.150. The van der Waals surface area contributed by atoms with E-state index in [-0.39, 0.29) is 0 Å². The number of pyridine rings is 1. The standard InChI is InChI=1S/C14H24N4/c1-14(5-8-18(3)9-6-14)11-17-12-4-7-16-13(10-12)15-2/h4,7,10H,5-6,8-9,11H2,1-3H3,(H2,15,16,17). The van der Waals surface area contributed by atoms with E-state index in [0.29, 0.717) is 5.41 Å². The molecular formula is C14H24N4. The average molecular weight is 248 g/mol. The first kappa shape index (κ1) is 13.1. The number of nitrogens with one attached hydrogen (secondary N) is 2. The molecule has 0 spiro atoms. The molecule has 1 aliphatic heterocycles. The van der Waals surface area contributed by atoms with E-state index < -0.39 is 0 Å². The largest absolute Gasteiger partial charge is 0.384 e. The molecule has 4 nitrogen and oxygen atoms in total. The molecule has 0 unspecified atom stereocenters. The van der Waals surface area contributed by atoms with Crippen molar-refractivity contribution in [3.63, 3.8) is 0 Å². The van der Waals surface area contributed by atoms with Crippen molar-refractivity contribution < 1.29 is 0 Å². The summed E-state index contributed by atoms with van der Waals surface area (Å²) in [6.07, 6.45) is 4.37. The Bertz CT molecular complexity index is 383. The second-order valence-corrected chi connectivity index (χ2v) is 5.65. The number of hydrogen-bond acceptors (Lipinski definition) is 4. The molecule has 0 aliphatic carbocycles. The highest BCUT2D eigenvalue weighted by atomic mass is 15.1. The lowest BCUT2D eigenvalue weighted by atomic mass is 9.80. The Morgan fingerprint density at radius 3 is 2.78 bits per heavy atom. The zero-order valence-electron chi connectivity index (χ0n) is 11.7. The number of nitrogens with zero attached hydrogens (tertiary/aromatic N) is 2. The van der Waals surface area contributed by atoms with Crippen molar-refractivity contribution in [3.05, 3.63) is 18.3 Å². The van der Waals surface area contributed by atoms with Gasteiger partial charge >= 0.3 is 0 Å². The number of likely N-dealkylation sites (tertiary alicyclic amines) is 1. The second kappa shape index (κ2) is 5.57. The van der Waals surface area contributed by atoms with E-state index in [1.807, 2.05) is 19.3 Å². The third-order valence-corrected chi connectivity index (χ3v) is 3.93. The first-order chi connectivity index (χ1) is 8.61. The Balaban J connectivity index is 1.90. The minimum Gasteiger partial charge on any atom is -0.384 e. The van der Waals surface area contributed by atoms with Gasteiger partial charge in [0.15, 0.2) is 0 Å². The van der Waals surface area contributed by atoms with Crippen LogP contribution in [0.2, 0.25) is 0 Å². The molecule has 2 heterocycles. The molecule has 2 N–H and O–H groups in total. The summed E-state index contributed by atoms with van der Waals surface area (Å²) in [5.41, 5.74) is 1.56. The van der Waals surface area contributed by atoms with E-state index in [9.17, 15) is 0 Å². The number of piperidine rings is 1. The van der Waals surface area contributed by atoms with Crippen molar-refractivity contribution in [2.24, 2.45) is 5.41 Å². The average Bonchev–Trinajstić information content (AvgIpc) is 2.41. The van der Waals surface area contributed by atoms with Crippen molar-refractivity contribution in [2.45, 2.75) is 19.8 Å². The molecular weight excluding hydrogens is 224 g/mol. The lowest BCUT2D eigenvalue weighted by Crippen LogP contribution is -2.40. The van der Waals surface area contributed by atoms with Crippen LogP contribution >= 0.6 is 0 Å². The highest BCUT2D eigenvalue weighted by Crippen LogP contribution is 2.30. The van der Waals surface area contributed by atoms with Crippen LogP contribution in [0.4, 0.5) is 11.5 Å². The number of anilines is 2. The fourth-order valence-electron chi connectivity index (χ4n) is 2.33. The Labute approximate surface area is 110 Å². The molecule has 1 aliphatic rings. The minimum absolute atomic E-state index is 0.412. The predicted molar refractivity (Wildman–Crippen MR) is 77.1 cm³/mol. The van der Waals surface area contributed by atoms with Gasteiger partial charge in [-0.2, -0.15) is 0 Å². The fourth-order valence-corrected chi connectivity index (χ4v) is 2.33. The molecule has 4 heteroatoms. The zero-order chi connectivity index (χ0) is 13.0. The van der Waals surface area contributed by atoms with Gasteiger partial charge in [0.05, 0.1) is 0 Å². The van der Waals surface area contributed by atoms with Gasteiger partial charge in [-0.25, -0.2) is 4.98 Å². The first-order valence-electron chi connectivity index (χ1n) is 6.68. The fraction of sp³-hybridized carbons (Fsp3) is 0.643. The van der Waals surface area contributed by atoms with Crippen LogP contribution in [0, 0.1) is 5.41 Å². The summed E-state index contributed by atoms with van der Waals surface area (Å²) >= 11 is 0. The molecule has 1 aromatic rings. The van der Waals surface area contributed by atoms with E-state index in [1.54, 1.807) is 0 Å². The van der Waals surface area contributed by atoms with E-state index in [2.05, 4.69) is 40.6 Å². The highest BCUT2D eigenvalue weighted by Gasteiger charge is 2.28. The Morgan fingerprint density at radius 2 is 2.11 bits per heavy atom. The van der Waals surface area contributed by atoms with E-state index >= 15 is 0 Å². The normalized spacial score (nSPS) is 19.5. The van der Waals surface area contributed by atoms with E-state index in [1.165, 1.54) is 25.9 Å². The summed E-state index contributed by atoms with van der Waals surface area (Å²) in [6, 6.07) is 4.08. The van der Waals surface area contributed by atoms with Gasteiger partial charge in [-0.15, -0.1) is 0 Å². The lowest BCUT2D eigenvalue weighted by Gasteiger charge is -2.38. The van der Waals surface area contributed by atoms with Gasteiger partial charge in [0.25, 0.3) is 0 Å². The predicted octanol–water partition coefficient (Wildman–Crippen LogP) is 2.27. The topological polar surface area (TPSA) is 40.2 Å². The van der Waals surface area contributed by atoms with E-state index in [0.717, 1.165) is 18.1 Å². The van der Waals surface area contributed by atoms with Crippen LogP contribution in [0.5, 0.6) is 0 Å². The second-order valence-electron chi connectivity index (χ2n) is 5.65. The van der Waals surface area contributed by atoms with Gasteiger partial charge in [0, 0.05) is 31.5 Å². The molecule has 0 atom stereocenters. The maximum absolute atomic E-state index is 4.22. The van der Waals surface area contributed by atoms with Gasteiger partial charge in [0.2, 0.25) is 0 Å². The van der Waals surface area contributed by atoms with Crippen LogP contribution < -0.4 is 10.6 Å². The molecule has 0 radical (unpaired) electrons. The summed E-state index contributed by atoms with van der Waals surface area (Å²) in [4.78, 5) is 6.63. The van der Waals surface area contributed by atoms with Gasteiger partial charge in [-0.05, 0) is 44.5 Å². The highest BCUT2D eigenvalue weighted by molar-refractivity contribution is 5.51. The molecule has 1 aromatic heterocycles. The summed E-state index contributed by atoms with van der Waals surface area (Å²) < 4.78 is 0. The third kappa shape index (κ3) is 3.35. The molecule has 100 valence electrons. The summed E-state index contributed by atoms with van der Waals surface area (Å²) in [6.45, 7) is 5.83. The van der Waals surface area contributed by atoms with Gasteiger partial charge in [-0.3, -0.25) is 0 Å². The number of rotatable bonds is 4. The molecule has 2 rings (SSSR count). The van der Waals surface area contributed by atoms with E-state index in [4.69, 9.17) is 0 Å². The molecule has 1 fully saturated rings. The van der Waals surface area contributed by atoms with Crippen LogP contribution in [-0.2, 0) is 0 Å². The molecule has 0 bridgehead atoms. The van der Waals surface area contributed by atoms with Crippen LogP contribution in [0.3, 0.4) is 0 Å². The molecule has 1 saturated heterocycles. The van der Waals surface area contributed by atoms with Gasteiger partial charge in [-0.1, -0.05) is 6.92 Å². The Morgan fingerprint density at radius 1 is 1.39 bits per heavy atom. The third-order valence-electron chi connectivity index (χ3n) is 3.93. The molecule has 0 saturated carbocycles. The van der Waals surface area contributed by atoms with Crippen LogP contribution in [-0.4, -0.2) is 43.6 Å². The monoisotopic (exact) mass is 248 g/mol. The van der Waals surface area contributed by atoms with Gasteiger partial charge in [0.1, 0.15) is 5.82 Å². The molecule has 0 aromatic carbocycles. The zero-order valence-corrected chi connectivity index (χ0v) is 11.7. The molecule has 18 heavy (non-hydrogen) atoms. The van der Waals surface area contributed by atoms with Crippen molar-refractivity contribution in [2.75, 3.05) is 44.4 Å². The van der Waals surface area contributed by atoms with Crippen LogP contribution in [0.1, 0.15) is 19.8 Å². The smallest absolute Gasteiger partial charge is 0.127 e. The van der Waals surface area contributed by atoms with Crippen molar-refractivity contribution in [1.82, 2.24) is 9.88 Å². The maximum Gasteiger partial charge on any atom is 0.127 e. The number of aromatic nitrogens is 1.